The van der Waals surface area contributed by atoms with Gasteiger partial charge in [-0.15, -0.1) is 11.6 Å². The van der Waals surface area contributed by atoms with Gasteiger partial charge in [0.15, 0.2) is 0 Å². The van der Waals surface area contributed by atoms with Crippen molar-refractivity contribution in [2.45, 2.75) is 20.3 Å². The molecule has 1 saturated heterocycles. The zero-order chi connectivity index (χ0) is 10.4. The van der Waals surface area contributed by atoms with Crippen LogP contribution in [0.5, 0.6) is 0 Å². The van der Waals surface area contributed by atoms with Gasteiger partial charge in [-0.1, -0.05) is 13.8 Å². The molecule has 1 unspecified atom stereocenters. The van der Waals surface area contributed by atoms with Crippen LogP contribution in [0.4, 0.5) is 0 Å². The van der Waals surface area contributed by atoms with Gasteiger partial charge in [0.25, 0.3) is 0 Å². The number of hydrogen-bond donors (Lipinski definition) is 0. The van der Waals surface area contributed by atoms with Crippen LogP contribution in [0, 0.1) is 5.92 Å². The molecule has 0 radical (unpaired) electrons. The van der Waals surface area contributed by atoms with Gasteiger partial charge in [0.2, 0.25) is 0 Å². The number of hydrogen-bond acceptors (Lipinski definition) is 2. The van der Waals surface area contributed by atoms with Crippen molar-refractivity contribution < 1.29 is 0 Å². The lowest BCUT2D eigenvalue weighted by Gasteiger charge is -2.22. The van der Waals surface area contributed by atoms with Crippen molar-refractivity contribution in [3.8, 4) is 0 Å². The fraction of sp³-hybridized carbons (Fsp3) is 1.00. The van der Waals surface area contributed by atoms with E-state index in [1.54, 1.807) is 0 Å². The molecule has 3 heteroatoms. The summed E-state index contributed by atoms with van der Waals surface area (Å²) in [6, 6.07) is 0. The normalized spacial score (nSPS) is 23.6. The first-order valence-electron chi connectivity index (χ1n) is 5.80. The Labute approximate surface area is 93.2 Å². The summed E-state index contributed by atoms with van der Waals surface area (Å²) >= 11 is 5.85. The average molecular weight is 219 g/mol. The number of rotatable bonds is 6. The molecular weight excluding hydrogens is 196 g/mol. The monoisotopic (exact) mass is 218 g/mol. The van der Waals surface area contributed by atoms with Gasteiger partial charge in [0, 0.05) is 25.5 Å². The van der Waals surface area contributed by atoms with Crippen LogP contribution >= 0.6 is 11.6 Å². The van der Waals surface area contributed by atoms with E-state index in [4.69, 9.17) is 11.6 Å². The summed E-state index contributed by atoms with van der Waals surface area (Å²) in [6.45, 7) is 11.7. The Hall–Kier alpha value is 0.210. The van der Waals surface area contributed by atoms with E-state index in [-0.39, 0.29) is 0 Å². The van der Waals surface area contributed by atoms with Crippen molar-refractivity contribution in [3.63, 3.8) is 0 Å². The van der Waals surface area contributed by atoms with E-state index in [1.807, 2.05) is 0 Å². The van der Waals surface area contributed by atoms with Gasteiger partial charge in [-0.25, -0.2) is 0 Å². The lowest BCUT2D eigenvalue weighted by atomic mass is 10.2. The molecule has 0 amide bonds. The van der Waals surface area contributed by atoms with E-state index in [9.17, 15) is 0 Å². The molecule has 1 heterocycles. The first-order valence-corrected chi connectivity index (χ1v) is 6.34. The minimum absolute atomic E-state index is 0.744. The molecule has 1 atom stereocenters. The van der Waals surface area contributed by atoms with Crippen LogP contribution in [0.1, 0.15) is 20.3 Å². The zero-order valence-corrected chi connectivity index (χ0v) is 10.3. The zero-order valence-electron chi connectivity index (χ0n) is 9.51. The second-order valence-electron chi connectivity index (χ2n) is 4.14. The molecule has 1 rings (SSSR count). The van der Waals surface area contributed by atoms with Gasteiger partial charge in [-0.05, 0) is 32.0 Å². The Morgan fingerprint density at radius 3 is 2.57 bits per heavy atom. The van der Waals surface area contributed by atoms with Crippen molar-refractivity contribution in [2.75, 3.05) is 45.1 Å². The Morgan fingerprint density at radius 1 is 1.36 bits per heavy atom. The number of likely N-dealkylation sites (N-methyl/N-ethyl adjacent to an activating group) is 1. The van der Waals surface area contributed by atoms with Crippen LogP contribution in [0.3, 0.4) is 0 Å². The minimum atomic E-state index is 0.744. The SMILES string of the molecule is CCN(CC)CCN1CCC(CCl)C1. The highest BCUT2D eigenvalue weighted by Crippen LogP contribution is 2.16. The third-order valence-electron chi connectivity index (χ3n) is 3.22. The van der Waals surface area contributed by atoms with Crippen LogP contribution < -0.4 is 0 Å². The molecule has 0 spiro atoms. The molecule has 0 aromatic carbocycles. The summed E-state index contributed by atoms with van der Waals surface area (Å²) in [5.74, 6) is 1.58. The van der Waals surface area contributed by atoms with Crippen molar-refractivity contribution in [3.05, 3.63) is 0 Å². The maximum atomic E-state index is 5.85. The van der Waals surface area contributed by atoms with Gasteiger partial charge >= 0.3 is 0 Å². The molecule has 1 fully saturated rings. The third kappa shape index (κ3) is 3.76. The van der Waals surface area contributed by atoms with E-state index in [0.717, 1.165) is 11.8 Å². The topological polar surface area (TPSA) is 6.48 Å². The summed E-state index contributed by atoms with van der Waals surface area (Å²) < 4.78 is 0. The first kappa shape index (κ1) is 12.3. The number of halogens is 1. The third-order valence-corrected chi connectivity index (χ3v) is 3.65. The predicted octanol–water partition coefficient (Wildman–Crippen LogP) is 1.89. The van der Waals surface area contributed by atoms with Crippen LogP contribution in [0.2, 0.25) is 0 Å². The van der Waals surface area contributed by atoms with Crippen LogP contribution in [0.15, 0.2) is 0 Å². The molecular formula is C11H23ClN2. The molecule has 0 bridgehead atoms. The fourth-order valence-corrected chi connectivity index (χ4v) is 2.32. The molecule has 0 aromatic rings. The molecule has 2 nitrogen and oxygen atoms in total. The first-order chi connectivity index (χ1) is 6.80. The molecule has 14 heavy (non-hydrogen) atoms. The van der Waals surface area contributed by atoms with Gasteiger partial charge < -0.3 is 9.80 Å². The molecule has 0 saturated carbocycles. The predicted molar refractivity (Wildman–Crippen MR) is 63.1 cm³/mol. The van der Waals surface area contributed by atoms with E-state index >= 15 is 0 Å². The summed E-state index contributed by atoms with van der Waals surface area (Å²) in [6.07, 6.45) is 1.29. The maximum Gasteiger partial charge on any atom is 0.0264 e. The number of nitrogens with zero attached hydrogens (tertiary/aromatic N) is 2. The minimum Gasteiger partial charge on any atom is -0.303 e. The molecule has 84 valence electrons. The lowest BCUT2D eigenvalue weighted by molar-refractivity contribution is 0.238. The number of alkyl halides is 1. The summed E-state index contributed by atoms with van der Waals surface area (Å²) in [5.41, 5.74) is 0. The maximum absolute atomic E-state index is 5.85. The van der Waals surface area contributed by atoms with E-state index in [2.05, 4.69) is 23.6 Å². The molecule has 1 aliphatic heterocycles. The smallest absolute Gasteiger partial charge is 0.0264 e. The van der Waals surface area contributed by atoms with Gasteiger partial charge in [0.05, 0.1) is 0 Å². The molecule has 0 N–H and O–H groups in total. The van der Waals surface area contributed by atoms with Crippen molar-refractivity contribution in [2.24, 2.45) is 5.92 Å². The molecule has 0 aromatic heterocycles. The summed E-state index contributed by atoms with van der Waals surface area (Å²) in [7, 11) is 0. The highest BCUT2D eigenvalue weighted by Gasteiger charge is 2.21. The average Bonchev–Trinajstić information content (AvgIpc) is 2.67. The second-order valence-corrected chi connectivity index (χ2v) is 4.45. The second kappa shape index (κ2) is 6.65. The van der Waals surface area contributed by atoms with Crippen LogP contribution in [-0.4, -0.2) is 54.9 Å². The Balaban J connectivity index is 2.13. The quantitative estimate of drug-likeness (QED) is 0.629. The van der Waals surface area contributed by atoms with Crippen molar-refractivity contribution >= 4 is 11.6 Å². The van der Waals surface area contributed by atoms with Gasteiger partial charge in [-0.2, -0.15) is 0 Å². The summed E-state index contributed by atoms with van der Waals surface area (Å²) in [4.78, 5) is 5.03. The fourth-order valence-electron chi connectivity index (χ4n) is 2.06. The highest BCUT2D eigenvalue weighted by atomic mass is 35.5. The highest BCUT2D eigenvalue weighted by molar-refractivity contribution is 6.18. The number of likely N-dealkylation sites (tertiary alicyclic amines) is 1. The van der Waals surface area contributed by atoms with Crippen LogP contribution in [0.25, 0.3) is 0 Å². The Kier molecular flexibility index (Phi) is 5.83. The van der Waals surface area contributed by atoms with E-state index in [0.29, 0.717) is 0 Å². The molecule has 1 aliphatic rings. The van der Waals surface area contributed by atoms with E-state index in [1.165, 1.54) is 45.7 Å². The molecule has 0 aliphatic carbocycles. The lowest BCUT2D eigenvalue weighted by Crippen LogP contribution is -2.34. The van der Waals surface area contributed by atoms with Gasteiger partial charge in [-0.3, -0.25) is 0 Å². The Morgan fingerprint density at radius 2 is 2.07 bits per heavy atom. The Bertz CT molecular complexity index is 148. The van der Waals surface area contributed by atoms with Crippen LogP contribution in [-0.2, 0) is 0 Å². The van der Waals surface area contributed by atoms with Gasteiger partial charge in [0.1, 0.15) is 0 Å². The van der Waals surface area contributed by atoms with Crippen molar-refractivity contribution in [1.82, 2.24) is 9.80 Å². The summed E-state index contributed by atoms with van der Waals surface area (Å²) in [5, 5.41) is 0. The largest absolute Gasteiger partial charge is 0.303 e. The standard InChI is InChI=1S/C11H23ClN2/c1-3-13(4-2)7-8-14-6-5-11(9-12)10-14/h11H,3-10H2,1-2H3. The van der Waals surface area contributed by atoms with Crippen molar-refractivity contribution in [1.29, 1.82) is 0 Å². The van der Waals surface area contributed by atoms with E-state index < -0.39 is 0 Å².